The smallest absolute Gasteiger partial charge is 0.223 e. The second-order valence-electron chi connectivity index (χ2n) is 5.33. The fraction of sp³-hybridized carbons (Fsp3) is 0.353. The second-order valence-corrected chi connectivity index (χ2v) is 6.36. The first-order valence-electron chi connectivity index (χ1n) is 7.39. The van der Waals surface area contributed by atoms with E-state index in [9.17, 15) is 9.18 Å². The van der Waals surface area contributed by atoms with Gasteiger partial charge in [0.25, 0.3) is 0 Å². The molecule has 0 N–H and O–H groups in total. The number of hydrogen-bond donors (Lipinski definition) is 0. The summed E-state index contributed by atoms with van der Waals surface area (Å²) in [4.78, 5) is 15.4. The van der Waals surface area contributed by atoms with E-state index in [0.717, 1.165) is 12.0 Å². The number of morpholine rings is 1. The van der Waals surface area contributed by atoms with E-state index in [4.69, 9.17) is 4.74 Å². The number of amides is 1. The number of thiophene rings is 1. The van der Waals surface area contributed by atoms with Gasteiger partial charge in [-0.3, -0.25) is 4.79 Å². The average Bonchev–Trinajstić information content (AvgIpc) is 3.07. The van der Waals surface area contributed by atoms with Crippen molar-refractivity contribution in [2.45, 2.75) is 18.9 Å². The van der Waals surface area contributed by atoms with Crippen molar-refractivity contribution in [1.29, 1.82) is 0 Å². The Hall–Kier alpha value is -1.72. The molecule has 0 radical (unpaired) electrons. The van der Waals surface area contributed by atoms with E-state index in [2.05, 4.69) is 6.07 Å². The molecule has 0 bridgehead atoms. The van der Waals surface area contributed by atoms with Gasteiger partial charge in [0.2, 0.25) is 5.91 Å². The molecule has 5 heteroatoms. The monoisotopic (exact) mass is 319 g/mol. The lowest BCUT2D eigenvalue weighted by Gasteiger charge is -2.33. The van der Waals surface area contributed by atoms with Gasteiger partial charge in [0.15, 0.2) is 0 Å². The van der Waals surface area contributed by atoms with Gasteiger partial charge >= 0.3 is 0 Å². The van der Waals surface area contributed by atoms with Crippen LogP contribution < -0.4 is 0 Å². The maximum absolute atomic E-state index is 13.0. The van der Waals surface area contributed by atoms with E-state index >= 15 is 0 Å². The molecule has 1 fully saturated rings. The Labute approximate surface area is 133 Å². The highest BCUT2D eigenvalue weighted by molar-refractivity contribution is 7.09. The zero-order chi connectivity index (χ0) is 15.4. The first-order chi connectivity index (χ1) is 10.7. The summed E-state index contributed by atoms with van der Waals surface area (Å²) in [6.45, 7) is 1.68. The van der Waals surface area contributed by atoms with Crippen LogP contribution in [0, 0.1) is 5.82 Å². The summed E-state index contributed by atoms with van der Waals surface area (Å²) in [5.74, 6) is -0.104. The normalized spacial score (nSPS) is 18.4. The SMILES string of the molecule is O=C(CCc1cccs1)N1CCOC(c2ccc(F)cc2)C1. The molecule has 3 nitrogen and oxygen atoms in total. The van der Waals surface area contributed by atoms with Crippen molar-refractivity contribution in [1.82, 2.24) is 4.90 Å². The van der Waals surface area contributed by atoms with Gasteiger partial charge in [-0.2, -0.15) is 0 Å². The molecule has 1 aliphatic rings. The predicted molar refractivity (Wildman–Crippen MR) is 84.3 cm³/mol. The number of carbonyl (C=O) groups is 1. The molecule has 0 aliphatic carbocycles. The van der Waals surface area contributed by atoms with Crippen molar-refractivity contribution >= 4 is 17.2 Å². The van der Waals surface area contributed by atoms with Crippen molar-refractivity contribution in [3.8, 4) is 0 Å². The van der Waals surface area contributed by atoms with Crippen molar-refractivity contribution in [3.63, 3.8) is 0 Å². The van der Waals surface area contributed by atoms with E-state index in [1.807, 2.05) is 16.3 Å². The van der Waals surface area contributed by atoms with Gasteiger partial charge in [0.1, 0.15) is 11.9 Å². The highest BCUT2D eigenvalue weighted by atomic mass is 32.1. The molecule has 22 heavy (non-hydrogen) atoms. The van der Waals surface area contributed by atoms with Crippen LogP contribution in [0.5, 0.6) is 0 Å². The van der Waals surface area contributed by atoms with Crippen molar-refractivity contribution in [2.24, 2.45) is 0 Å². The maximum atomic E-state index is 13.0. The first-order valence-corrected chi connectivity index (χ1v) is 8.27. The fourth-order valence-corrected chi connectivity index (χ4v) is 3.31. The van der Waals surface area contributed by atoms with Crippen molar-refractivity contribution in [3.05, 3.63) is 58.0 Å². The Morgan fingerprint density at radius 2 is 2.14 bits per heavy atom. The third kappa shape index (κ3) is 3.72. The molecule has 0 saturated carbocycles. The largest absolute Gasteiger partial charge is 0.370 e. The first kappa shape index (κ1) is 15.2. The molecule has 0 spiro atoms. The van der Waals surface area contributed by atoms with E-state index < -0.39 is 0 Å². The van der Waals surface area contributed by atoms with Crippen LogP contribution in [0.3, 0.4) is 0 Å². The number of rotatable bonds is 4. The maximum Gasteiger partial charge on any atom is 0.223 e. The highest BCUT2D eigenvalue weighted by Crippen LogP contribution is 2.23. The van der Waals surface area contributed by atoms with E-state index in [1.54, 1.807) is 23.5 Å². The summed E-state index contributed by atoms with van der Waals surface area (Å²) < 4.78 is 18.7. The van der Waals surface area contributed by atoms with Gasteiger partial charge in [-0.1, -0.05) is 18.2 Å². The minimum atomic E-state index is -0.261. The molecule has 3 rings (SSSR count). The Bertz CT molecular complexity index is 612. The summed E-state index contributed by atoms with van der Waals surface area (Å²) >= 11 is 1.68. The standard InChI is InChI=1S/C17H18FNO2S/c18-14-5-3-13(4-6-14)16-12-19(9-10-21-16)17(20)8-7-15-2-1-11-22-15/h1-6,11,16H,7-10,12H2. The lowest BCUT2D eigenvalue weighted by molar-refractivity contribution is -0.139. The molecule has 1 aromatic carbocycles. The molecule has 1 aliphatic heterocycles. The highest BCUT2D eigenvalue weighted by Gasteiger charge is 2.25. The van der Waals surface area contributed by atoms with Crippen molar-refractivity contribution < 1.29 is 13.9 Å². The summed E-state index contributed by atoms with van der Waals surface area (Å²) in [6, 6.07) is 10.4. The summed E-state index contributed by atoms with van der Waals surface area (Å²) in [6.07, 6.45) is 1.14. The van der Waals surface area contributed by atoms with E-state index in [0.29, 0.717) is 26.1 Å². The second kappa shape index (κ2) is 7.03. The van der Waals surface area contributed by atoms with E-state index in [-0.39, 0.29) is 17.8 Å². The quantitative estimate of drug-likeness (QED) is 0.864. The van der Waals surface area contributed by atoms with Gasteiger partial charge < -0.3 is 9.64 Å². The number of carbonyl (C=O) groups excluding carboxylic acids is 1. The number of hydrogen-bond acceptors (Lipinski definition) is 3. The molecule has 1 amide bonds. The van der Waals surface area contributed by atoms with Gasteiger partial charge in [-0.05, 0) is 35.6 Å². The van der Waals surface area contributed by atoms with Gasteiger partial charge in [0, 0.05) is 17.8 Å². The van der Waals surface area contributed by atoms with Crippen LogP contribution in [0.2, 0.25) is 0 Å². The molecule has 1 atom stereocenters. The molecule has 116 valence electrons. The average molecular weight is 319 g/mol. The summed E-state index contributed by atoms with van der Waals surface area (Å²) in [5.41, 5.74) is 0.914. The number of benzene rings is 1. The molecule has 1 aromatic heterocycles. The molecular formula is C17H18FNO2S. The number of aryl methyl sites for hydroxylation is 1. The Kier molecular flexibility index (Phi) is 4.85. The van der Waals surface area contributed by atoms with Crippen molar-refractivity contribution in [2.75, 3.05) is 19.7 Å². The minimum absolute atomic E-state index is 0.156. The third-order valence-corrected chi connectivity index (χ3v) is 4.76. The Balaban J connectivity index is 1.57. The molecule has 2 heterocycles. The molecule has 1 unspecified atom stereocenters. The van der Waals surface area contributed by atoms with Gasteiger partial charge in [-0.15, -0.1) is 11.3 Å². The van der Waals surface area contributed by atoms with Gasteiger partial charge in [0.05, 0.1) is 13.2 Å². The molecule has 2 aromatic rings. The molecule has 1 saturated heterocycles. The summed E-state index contributed by atoms with van der Waals surface area (Å²) in [5, 5.41) is 2.03. The fourth-order valence-electron chi connectivity index (χ4n) is 2.60. The topological polar surface area (TPSA) is 29.5 Å². The van der Waals surface area contributed by atoms with Crippen LogP contribution in [-0.2, 0) is 16.0 Å². The number of halogens is 1. The van der Waals surface area contributed by atoms with Crippen LogP contribution in [0.1, 0.15) is 23.0 Å². The Morgan fingerprint density at radius 3 is 2.86 bits per heavy atom. The van der Waals surface area contributed by atoms with Gasteiger partial charge in [-0.25, -0.2) is 4.39 Å². The van der Waals surface area contributed by atoms with Crippen LogP contribution in [-0.4, -0.2) is 30.5 Å². The summed E-state index contributed by atoms with van der Waals surface area (Å²) in [7, 11) is 0. The predicted octanol–water partition coefficient (Wildman–Crippen LogP) is 3.42. The lowest BCUT2D eigenvalue weighted by atomic mass is 10.1. The zero-order valence-corrected chi connectivity index (χ0v) is 13.0. The third-order valence-electron chi connectivity index (χ3n) is 3.83. The zero-order valence-electron chi connectivity index (χ0n) is 12.2. The number of nitrogens with zero attached hydrogens (tertiary/aromatic N) is 1. The number of ether oxygens (including phenoxy) is 1. The molecular weight excluding hydrogens is 301 g/mol. The Morgan fingerprint density at radius 1 is 1.32 bits per heavy atom. The minimum Gasteiger partial charge on any atom is -0.370 e. The van der Waals surface area contributed by atoms with Crippen LogP contribution in [0.25, 0.3) is 0 Å². The van der Waals surface area contributed by atoms with Crippen LogP contribution in [0.4, 0.5) is 4.39 Å². The van der Waals surface area contributed by atoms with Crippen LogP contribution in [0.15, 0.2) is 41.8 Å². The van der Waals surface area contributed by atoms with Crippen LogP contribution >= 0.6 is 11.3 Å². The van der Waals surface area contributed by atoms with E-state index in [1.165, 1.54) is 17.0 Å². The lowest BCUT2D eigenvalue weighted by Crippen LogP contribution is -2.42.